The number of nitro benzene ring substituents is 1. The van der Waals surface area contributed by atoms with Crippen molar-refractivity contribution in [2.24, 2.45) is 5.92 Å². The van der Waals surface area contributed by atoms with Crippen LogP contribution in [0.3, 0.4) is 0 Å². The molecule has 1 aromatic carbocycles. The molecule has 0 radical (unpaired) electrons. The Bertz CT molecular complexity index is 589. The third kappa shape index (κ3) is 4.56. The minimum atomic E-state index is -0.349. The molecule has 1 aliphatic heterocycles. The van der Waals surface area contributed by atoms with Crippen LogP contribution in [0.15, 0.2) is 12.1 Å². The van der Waals surface area contributed by atoms with Crippen molar-refractivity contribution in [1.82, 2.24) is 10.2 Å². The van der Waals surface area contributed by atoms with Gasteiger partial charge in [-0.3, -0.25) is 15.0 Å². The smallest absolute Gasteiger partial charge is 0.277 e. The average molecular weight is 392 g/mol. The van der Waals surface area contributed by atoms with Crippen molar-refractivity contribution in [2.75, 3.05) is 26.2 Å². The summed E-state index contributed by atoms with van der Waals surface area (Å²) >= 11 is 0. The van der Waals surface area contributed by atoms with Crippen LogP contribution in [-0.4, -0.2) is 41.1 Å². The van der Waals surface area contributed by atoms with Gasteiger partial charge >= 0.3 is 0 Å². The van der Waals surface area contributed by atoms with Crippen molar-refractivity contribution < 1.29 is 10.0 Å². The van der Waals surface area contributed by atoms with Gasteiger partial charge < -0.3 is 10.4 Å². The third-order valence-electron chi connectivity index (χ3n) is 5.28. The molecule has 1 saturated carbocycles. The molecule has 6 nitrogen and oxygen atoms in total. The van der Waals surface area contributed by atoms with Crippen molar-refractivity contribution in [3.05, 3.63) is 33.4 Å². The molecule has 1 heterocycles. The molecule has 0 amide bonds. The van der Waals surface area contributed by atoms with Gasteiger partial charge in [0, 0.05) is 38.3 Å². The van der Waals surface area contributed by atoms with Gasteiger partial charge in [0.25, 0.3) is 5.69 Å². The third-order valence-corrected chi connectivity index (χ3v) is 5.28. The van der Waals surface area contributed by atoms with E-state index in [1.54, 1.807) is 12.1 Å². The molecule has 2 aliphatic rings. The molecule has 1 atom stereocenters. The summed E-state index contributed by atoms with van der Waals surface area (Å²) in [6, 6.07) is 3.13. The molecule has 8 heteroatoms. The molecule has 1 aliphatic carbocycles. The maximum Gasteiger partial charge on any atom is 0.277 e. The molecule has 0 aromatic heterocycles. The van der Waals surface area contributed by atoms with Gasteiger partial charge in [-0.25, -0.2) is 0 Å². The lowest BCUT2D eigenvalue weighted by Crippen LogP contribution is -2.46. The molecule has 0 unspecified atom stereocenters. The average Bonchev–Trinajstić information content (AvgIpc) is 3.07. The number of aryl methyl sites for hydroxylation is 1. The second-order valence-corrected chi connectivity index (χ2v) is 6.70. The van der Waals surface area contributed by atoms with Crippen LogP contribution < -0.4 is 5.32 Å². The molecule has 3 rings (SSSR count). The standard InChI is InChI=1S/C17H25N3O3.2ClH/c1-12-6-7-14(20(22)23)15(17(12)21)16(13-4-2-3-5-13)19-10-8-18-9-11-19;;/h6-7,13,16,18,21H,2-5,8-11H2,1H3;2*1H/t16-;;/m1../s1. The number of piperazine rings is 1. The summed E-state index contributed by atoms with van der Waals surface area (Å²) < 4.78 is 0. The van der Waals surface area contributed by atoms with E-state index in [1.165, 1.54) is 12.8 Å². The lowest BCUT2D eigenvalue weighted by molar-refractivity contribution is -0.386. The predicted molar refractivity (Wildman–Crippen MR) is 103 cm³/mol. The first kappa shape index (κ1) is 22.0. The topological polar surface area (TPSA) is 78.6 Å². The van der Waals surface area contributed by atoms with E-state index in [-0.39, 0.29) is 47.2 Å². The molecule has 2 fully saturated rings. The van der Waals surface area contributed by atoms with E-state index in [1.807, 2.05) is 6.92 Å². The van der Waals surface area contributed by atoms with E-state index >= 15 is 0 Å². The van der Waals surface area contributed by atoms with E-state index in [9.17, 15) is 15.2 Å². The Labute approximate surface area is 160 Å². The summed E-state index contributed by atoms with van der Waals surface area (Å²) in [7, 11) is 0. The molecule has 1 aromatic rings. The summed E-state index contributed by atoms with van der Waals surface area (Å²) in [5.74, 6) is 0.495. The van der Waals surface area contributed by atoms with Crippen molar-refractivity contribution >= 4 is 30.5 Å². The summed E-state index contributed by atoms with van der Waals surface area (Å²) in [6.45, 7) is 5.33. The molecule has 1 saturated heterocycles. The number of nitro groups is 1. The monoisotopic (exact) mass is 391 g/mol. The van der Waals surface area contributed by atoms with Crippen LogP contribution in [0.25, 0.3) is 0 Å². The molecular formula is C17H27Cl2N3O3. The van der Waals surface area contributed by atoms with Gasteiger partial charge in [-0.2, -0.15) is 0 Å². The first-order valence-electron chi connectivity index (χ1n) is 8.51. The van der Waals surface area contributed by atoms with Crippen LogP contribution >= 0.6 is 24.8 Å². The van der Waals surface area contributed by atoms with Crippen LogP contribution in [0.4, 0.5) is 5.69 Å². The summed E-state index contributed by atoms with van der Waals surface area (Å²) in [5.41, 5.74) is 1.30. The Morgan fingerprint density at radius 1 is 1.24 bits per heavy atom. The molecule has 2 N–H and O–H groups in total. The van der Waals surface area contributed by atoms with Crippen LogP contribution in [0.5, 0.6) is 5.75 Å². The van der Waals surface area contributed by atoms with Gasteiger partial charge in [0.1, 0.15) is 5.75 Å². The molecular weight excluding hydrogens is 365 g/mol. The minimum Gasteiger partial charge on any atom is -0.507 e. The van der Waals surface area contributed by atoms with Crippen molar-refractivity contribution in [3.63, 3.8) is 0 Å². The number of aromatic hydroxyl groups is 1. The Kier molecular flexibility index (Phi) is 8.41. The number of halogens is 2. The first-order chi connectivity index (χ1) is 11.1. The first-order valence-corrected chi connectivity index (χ1v) is 8.51. The maximum absolute atomic E-state index is 11.6. The lowest BCUT2D eigenvalue weighted by atomic mass is 9.87. The molecule has 25 heavy (non-hydrogen) atoms. The largest absolute Gasteiger partial charge is 0.507 e. The summed E-state index contributed by atoms with van der Waals surface area (Å²) in [5, 5.41) is 25.5. The molecule has 142 valence electrons. The van der Waals surface area contributed by atoms with Crippen LogP contribution in [0.2, 0.25) is 0 Å². The normalized spacial score (nSPS) is 19.7. The predicted octanol–water partition coefficient (Wildman–Crippen LogP) is 3.59. The number of hydrogen-bond acceptors (Lipinski definition) is 5. The second kappa shape index (κ2) is 9.57. The SMILES string of the molecule is Cc1ccc([N+](=O)[O-])c([C@@H](C2CCCC2)N2CCNCC2)c1O.Cl.Cl. The number of phenolic OH excluding ortho intramolecular Hbond substituents is 1. The maximum atomic E-state index is 11.6. The number of phenols is 1. The highest BCUT2D eigenvalue weighted by Crippen LogP contribution is 2.46. The Hall–Kier alpha value is -1.08. The van der Waals surface area contributed by atoms with Gasteiger partial charge in [-0.15, -0.1) is 24.8 Å². The number of rotatable bonds is 4. The zero-order chi connectivity index (χ0) is 16.4. The van der Waals surface area contributed by atoms with E-state index in [0.717, 1.165) is 39.0 Å². The summed E-state index contributed by atoms with van der Waals surface area (Å²) in [4.78, 5) is 13.5. The zero-order valence-corrected chi connectivity index (χ0v) is 16.1. The van der Waals surface area contributed by atoms with Crippen molar-refractivity contribution in [2.45, 2.75) is 38.6 Å². The Morgan fingerprint density at radius 2 is 1.84 bits per heavy atom. The van der Waals surface area contributed by atoms with Crippen LogP contribution in [-0.2, 0) is 0 Å². The van der Waals surface area contributed by atoms with Crippen LogP contribution in [0.1, 0.15) is 42.9 Å². The fourth-order valence-electron chi connectivity index (χ4n) is 4.11. The van der Waals surface area contributed by atoms with Crippen molar-refractivity contribution in [1.29, 1.82) is 0 Å². The zero-order valence-electron chi connectivity index (χ0n) is 14.4. The van der Waals surface area contributed by atoms with E-state index in [0.29, 0.717) is 17.0 Å². The van der Waals surface area contributed by atoms with Gasteiger partial charge in [-0.05, 0) is 37.3 Å². The van der Waals surface area contributed by atoms with E-state index < -0.39 is 0 Å². The quantitative estimate of drug-likeness (QED) is 0.605. The van der Waals surface area contributed by atoms with Crippen molar-refractivity contribution in [3.8, 4) is 5.75 Å². The van der Waals surface area contributed by atoms with Gasteiger partial charge in [-0.1, -0.05) is 12.8 Å². The fraction of sp³-hybridized carbons (Fsp3) is 0.647. The number of nitrogens with one attached hydrogen (secondary N) is 1. The lowest BCUT2D eigenvalue weighted by Gasteiger charge is -2.38. The highest BCUT2D eigenvalue weighted by molar-refractivity contribution is 5.85. The van der Waals surface area contributed by atoms with Crippen LogP contribution in [0, 0.1) is 23.0 Å². The number of hydrogen-bond donors (Lipinski definition) is 2. The number of nitrogens with zero attached hydrogens (tertiary/aromatic N) is 2. The van der Waals surface area contributed by atoms with Gasteiger partial charge in [0.15, 0.2) is 0 Å². The Balaban J connectivity index is 0.00000156. The van der Waals surface area contributed by atoms with E-state index in [4.69, 9.17) is 0 Å². The highest BCUT2D eigenvalue weighted by Gasteiger charge is 2.38. The minimum absolute atomic E-state index is 0. The summed E-state index contributed by atoms with van der Waals surface area (Å²) in [6.07, 6.45) is 4.51. The molecule has 0 bridgehead atoms. The van der Waals surface area contributed by atoms with E-state index in [2.05, 4.69) is 10.2 Å². The van der Waals surface area contributed by atoms with Gasteiger partial charge in [0.2, 0.25) is 0 Å². The fourth-order valence-corrected chi connectivity index (χ4v) is 4.11. The number of benzene rings is 1. The second-order valence-electron chi connectivity index (χ2n) is 6.70. The Morgan fingerprint density at radius 3 is 2.40 bits per heavy atom. The highest BCUT2D eigenvalue weighted by atomic mass is 35.5. The van der Waals surface area contributed by atoms with Gasteiger partial charge in [0.05, 0.1) is 10.5 Å². The molecule has 0 spiro atoms.